The first-order valence-electron chi connectivity index (χ1n) is 7.23. The molecular weight excluding hydrogens is 301 g/mol. The van der Waals surface area contributed by atoms with Crippen molar-refractivity contribution in [3.8, 4) is 0 Å². The molecule has 7 heteroatoms. The minimum atomic E-state index is -4.60. The summed E-state index contributed by atoms with van der Waals surface area (Å²) in [5.41, 5.74) is 0.114. The van der Waals surface area contributed by atoms with Crippen LogP contribution in [0.4, 0.5) is 13.2 Å². The molecule has 0 radical (unpaired) electrons. The van der Waals surface area contributed by atoms with E-state index in [4.69, 9.17) is 4.74 Å². The maximum Gasteiger partial charge on any atom is 0.425 e. The van der Waals surface area contributed by atoms with E-state index in [1.54, 1.807) is 0 Å². The van der Waals surface area contributed by atoms with Crippen molar-refractivity contribution in [1.29, 1.82) is 0 Å². The van der Waals surface area contributed by atoms with Gasteiger partial charge in [-0.2, -0.15) is 13.2 Å². The molecule has 0 heterocycles. The summed E-state index contributed by atoms with van der Waals surface area (Å²) in [5, 5.41) is 0. The van der Waals surface area contributed by atoms with Crippen molar-refractivity contribution in [2.45, 2.75) is 66.2 Å². The summed E-state index contributed by atoms with van der Waals surface area (Å²) in [6.45, 7) is 9.13. The second-order valence-electron chi connectivity index (χ2n) is 6.73. The number of hydrogen-bond donors (Lipinski definition) is 0. The first-order valence-corrected chi connectivity index (χ1v) is 7.23. The highest BCUT2D eigenvalue weighted by atomic mass is 19.4. The molecule has 0 fully saturated rings. The summed E-state index contributed by atoms with van der Waals surface area (Å²) in [7, 11) is 0. The quantitative estimate of drug-likeness (QED) is 0.666. The number of carbonyl (C=O) groups is 2. The minimum absolute atomic E-state index is 0.114. The number of hydrogen-bond acceptors (Lipinski definition) is 4. The number of esters is 2. The van der Waals surface area contributed by atoms with Crippen LogP contribution >= 0.6 is 0 Å². The van der Waals surface area contributed by atoms with Gasteiger partial charge < -0.3 is 9.47 Å². The zero-order valence-electron chi connectivity index (χ0n) is 13.8. The van der Waals surface area contributed by atoms with E-state index in [9.17, 15) is 22.8 Å². The van der Waals surface area contributed by atoms with Gasteiger partial charge in [0.1, 0.15) is 0 Å². The molecular formula is C15H25F3O4. The van der Waals surface area contributed by atoms with E-state index in [1.807, 2.05) is 6.92 Å². The van der Waals surface area contributed by atoms with Crippen LogP contribution in [0.2, 0.25) is 0 Å². The summed E-state index contributed by atoms with van der Waals surface area (Å²) < 4.78 is 45.7. The fraction of sp³-hybridized carbons (Fsp3) is 0.867. The van der Waals surface area contributed by atoms with Crippen LogP contribution in [0.1, 0.15) is 53.9 Å². The molecule has 0 aliphatic carbocycles. The third-order valence-corrected chi connectivity index (χ3v) is 2.79. The van der Waals surface area contributed by atoms with Gasteiger partial charge in [-0.25, -0.2) is 0 Å². The van der Waals surface area contributed by atoms with Gasteiger partial charge in [0.05, 0.1) is 19.4 Å². The molecule has 0 N–H and O–H groups in total. The van der Waals surface area contributed by atoms with E-state index >= 15 is 0 Å². The SMILES string of the molecule is CC(COC(=O)CCC(=O)OC(C)C(F)(F)F)CC(C)(C)C. The second-order valence-corrected chi connectivity index (χ2v) is 6.73. The van der Waals surface area contributed by atoms with E-state index in [0.717, 1.165) is 13.3 Å². The molecule has 0 aromatic rings. The lowest BCUT2D eigenvalue weighted by atomic mass is 9.86. The summed E-state index contributed by atoms with van der Waals surface area (Å²) in [6.07, 6.45) is -6.62. The number of ether oxygens (including phenoxy) is 2. The Morgan fingerprint density at radius 2 is 1.50 bits per heavy atom. The summed E-state index contributed by atoms with van der Waals surface area (Å²) in [5.74, 6) is -1.51. The largest absolute Gasteiger partial charge is 0.465 e. The Hall–Kier alpha value is -1.27. The first kappa shape index (κ1) is 20.7. The topological polar surface area (TPSA) is 52.6 Å². The van der Waals surface area contributed by atoms with Crippen LogP contribution in [0.5, 0.6) is 0 Å². The summed E-state index contributed by atoms with van der Waals surface area (Å²) in [4.78, 5) is 22.6. The van der Waals surface area contributed by atoms with Crippen LogP contribution in [0.25, 0.3) is 0 Å². The van der Waals surface area contributed by atoms with Gasteiger partial charge in [-0.05, 0) is 24.7 Å². The van der Waals surface area contributed by atoms with Crippen LogP contribution in [0.3, 0.4) is 0 Å². The number of alkyl halides is 3. The second kappa shape index (κ2) is 8.39. The standard InChI is InChI=1S/C15H25F3O4/c1-10(8-14(3,4)5)9-21-12(19)6-7-13(20)22-11(2)15(16,17)18/h10-11H,6-9H2,1-5H3. The van der Waals surface area contributed by atoms with Crippen molar-refractivity contribution in [3.05, 3.63) is 0 Å². The average Bonchev–Trinajstić information content (AvgIpc) is 2.30. The number of rotatable bonds is 7. The normalized spacial score (nSPS) is 15.1. The highest BCUT2D eigenvalue weighted by Crippen LogP contribution is 2.24. The Balaban J connectivity index is 3.97. The molecule has 0 saturated heterocycles. The van der Waals surface area contributed by atoms with Crippen LogP contribution < -0.4 is 0 Å². The molecule has 0 amide bonds. The van der Waals surface area contributed by atoms with Crippen LogP contribution in [-0.2, 0) is 19.1 Å². The van der Waals surface area contributed by atoms with Gasteiger partial charge in [-0.3, -0.25) is 9.59 Å². The van der Waals surface area contributed by atoms with Crippen molar-refractivity contribution < 1.29 is 32.2 Å². The van der Waals surface area contributed by atoms with Gasteiger partial charge >= 0.3 is 18.1 Å². The molecule has 130 valence electrons. The molecule has 0 rings (SSSR count). The van der Waals surface area contributed by atoms with Crippen LogP contribution in [0.15, 0.2) is 0 Å². The fourth-order valence-electron chi connectivity index (χ4n) is 1.94. The molecule has 2 unspecified atom stereocenters. The van der Waals surface area contributed by atoms with E-state index < -0.39 is 30.6 Å². The predicted molar refractivity (Wildman–Crippen MR) is 75.0 cm³/mol. The minimum Gasteiger partial charge on any atom is -0.465 e. The van der Waals surface area contributed by atoms with Crippen molar-refractivity contribution in [3.63, 3.8) is 0 Å². The van der Waals surface area contributed by atoms with Gasteiger partial charge in [0, 0.05) is 0 Å². The maximum atomic E-state index is 12.2. The Kier molecular flexibility index (Phi) is 7.90. The lowest BCUT2D eigenvalue weighted by Gasteiger charge is -2.22. The van der Waals surface area contributed by atoms with Crippen molar-refractivity contribution in [2.75, 3.05) is 6.61 Å². The summed E-state index contributed by atoms with van der Waals surface area (Å²) >= 11 is 0. The Labute approximate surface area is 129 Å². The van der Waals surface area contributed by atoms with Crippen LogP contribution in [-0.4, -0.2) is 30.8 Å². The zero-order valence-corrected chi connectivity index (χ0v) is 13.8. The van der Waals surface area contributed by atoms with E-state index in [0.29, 0.717) is 0 Å². The lowest BCUT2D eigenvalue weighted by Crippen LogP contribution is -2.31. The predicted octanol–water partition coefficient (Wildman–Crippen LogP) is 3.88. The Bertz CT molecular complexity index is 372. The van der Waals surface area contributed by atoms with Gasteiger partial charge in [-0.15, -0.1) is 0 Å². The molecule has 0 saturated carbocycles. The lowest BCUT2D eigenvalue weighted by molar-refractivity contribution is -0.216. The van der Waals surface area contributed by atoms with Gasteiger partial charge in [-0.1, -0.05) is 27.7 Å². The van der Waals surface area contributed by atoms with E-state index in [-0.39, 0.29) is 24.4 Å². The van der Waals surface area contributed by atoms with Gasteiger partial charge in [0.15, 0.2) is 6.10 Å². The summed E-state index contributed by atoms with van der Waals surface area (Å²) in [6, 6.07) is 0. The molecule has 0 aliphatic rings. The maximum absolute atomic E-state index is 12.2. The number of halogens is 3. The molecule has 0 aromatic heterocycles. The monoisotopic (exact) mass is 326 g/mol. The zero-order chi connectivity index (χ0) is 17.6. The van der Waals surface area contributed by atoms with Crippen molar-refractivity contribution >= 4 is 11.9 Å². The fourth-order valence-corrected chi connectivity index (χ4v) is 1.94. The Morgan fingerprint density at radius 1 is 1.00 bits per heavy atom. The molecule has 0 aromatic carbocycles. The van der Waals surface area contributed by atoms with E-state index in [1.165, 1.54) is 0 Å². The Morgan fingerprint density at radius 3 is 1.95 bits per heavy atom. The third-order valence-electron chi connectivity index (χ3n) is 2.79. The van der Waals surface area contributed by atoms with Gasteiger partial charge in [0.25, 0.3) is 0 Å². The molecule has 0 aliphatic heterocycles. The molecule has 0 spiro atoms. The average molecular weight is 326 g/mol. The molecule has 22 heavy (non-hydrogen) atoms. The van der Waals surface area contributed by atoms with E-state index in [2.05, 4.69) is 25.5 Å². The highest BCUT2D eigenvalue weighted by Gasteiger charge is 2.39. The first-order chi connectivity index (χ1) is 9.81. The van der Waals surface area contributed by atoms with Crippen LogP contribution in [0, 0.1) is 11.3 Å². The highest BCUT2D eigenvalue weighted by molar-refractivity contribution is 5.77. The van der Waals surface area contributed by atoms with Gasteiger partial charge in [0.2, 0.25) is 0 Å². The number of carbonyl (C=O) groups excluding carboxylic acids is 2. The molecule has 4 nitrogen and oxygen atoms in total. The third kappa shape index (κ3) is 10.5. The smallest absolute Gasteiger partial charge is 0.425 e. The van der Waals surface area contributed by atoms with Crippen molar-refractivity contribution in [2.24, 2.45) is 11.3 Å². The molecule has 2 atom stereocenters. The van der Waals surface area contributed by atoms with Crippen molar-refractivity contribution in [1.82, 2.24) is 0 Å². The molecule has 0 bridgehead atoms.